The average molecular weight is 231 g/mol. The van der Waals surface area contributed by atoms with E-state index in [1.807, 2.05) is 13.0 Å². The second-order valence-electron chi connectivity index (χ2n) is 6.47. The van der Waals surface area contributed by atoms with Crippen molar-refractivity contribution in [2.45, 2.75) is 45.1 Å². The zero-order chi connectivity index (χ0) is 12.0. The van der Waals surface area contributed by atoms with E-state index in [4.69, 9.17) is 5.26 Å². The molecule has 0 aromatic rings. The summed E-state index contributed by atoms with van der Waals surface area (Å²) in [6.07, 6.45) is 7.91. The molecule has 92 valence electrons. The molecule has 2 nitrogen and oxygen atoms in total. The zero-order valence-corrected chi connectivity index (χ0v) is 10.5. The first-order chi connectivity index (χ1) is 8.19. The Labute approximate surface area is 103 Å². The molecule has 4 aliphatic carbocycles. The average Bonchev–Trinajstić information content (AvgIpc) is 2.27. The van der Waals surface area contributed by atoms with Gasteiger partial charge in [0, 0.05) is 6.08 Å². The highest BCUT2D eigenvalue weighted by molar-refractivity contribution is 5.18. The van der Waals surface area contributed by atoms with Crippen LogP contribution in [-0.2, 0) is 0 Å². The van der Waals surface area contributed by atoms with Gasteiger partial charge < -0.3 is 5.11 Å². The Balaban J connectivity index is 1.80. The molecule has 4 fully saturated rings. The summed E-state index contributed by atoms with van der Waals surface area (Å²) in [4.78, 5) is 0. The molecule has 0 aromatic heterocycles. The molecular formula is C15H21NO. The lowest BCUT2D eigenvalue weighted by molar-refractivity contribution is -0.0790. The molecule has 1 N–H and O–H groups in total. The summed E-state index contributed by atoms with van der Waals surface area (Å²) < 4.78 is 0. The number of nitriles is 1. The Bertz CT molecular complexity index is 351. The Morgan fingerprint density at radius 3 is 2.18 bits per heavy atom. The molecule has 0 spiro atoms. The largest absolute Gasteiger partial charge is 0.388 e. The van der Waals surface area contributed by atoms with Crippen molar-refractivity contribution < 1.29 is 5.11 Å². The molecule has 4 saturated carbocycles. The van der Waals surface area contributed by atoms with Crippen LogP contribution >= 0.6 is 0 Å². The molecule has 1 atom stereocenters. The van der Waals surface area contributed by atoms with Crippen molar-refractivity contribution in [1.82, 2.24) is 0 Å². The van der Waals surface area contributed by atoms with E-state index in [-0.39, 0.29) is 6.10 Å². The lowest BCUT2D eigenvalue weighted by atomic mass is 9.50. The van der Waals surface area contributed by atoms with Gasteiger partial charge in [0.25, 0.3) is 0 Å². The van der Waals surface area contributed by atoms with Crippen LogP contribution in [-0.4, -0.2) is 11.2 Å². The SMILES string of the molecule is C/C(=C\C#N)C(O)C1C2CC3CC(C2)CC1C3. The summed E-state index contributed by atoms with van der Waals surface area (Å²) in [5, 5.41) is 19.2. The monoisotopic (exact) mass is 231 g/mol. The van der Waals surface area contributed by atoms with E-state index in [2.05, 4.69) is 0 Å². The van der Waals surface area contributed by atoms with Gasteiger partial charge in [-0.15, -0.1) is 0 Å². The highest BCUT2D eigenvalue weighted by Crippen LogP contribution is 2.57. The molecule has 0 heterocycles. The summed E-state index contributed by atoms with van der Waals surface area (Å²) in [7, 11) is 0. The van der Waals surface area contributed by atoms with E-state index >= 15 is 0 Å². The number of hydrogen-bond donors (Lipinski definition) is 1. The van der Waals surface area contributed by atoms with Crippen LogP contribution < -0.4 is 0 Å². The number of aliphatic hydroxyl groups is 1. The van der Waals surface area contributed by atoms with E-state index in [0.29, 0.717) is 5.92 Å². The van der Waals surface area contributed by atoms with Gasteiger partial charge in [0.05, 0.1) is 12.2 Å². The molecular weight excluding hydrogens is 210 g/mol. The van der Waals surface area contributed by atoms with Crippen molar-refractivity contribution in [3.05, 3.63) is 11.6 Å². The van der Waals surface area contributed by atoms with Crippen molar-refractivity contribution in [3.63, 3.8) is 0 Å². The summed E-state index contributed by atoms with van der Waals surface area (Å²) in [5.74, 6) is 3.78. The predicted octanol–water partition coefficient (Wildman–Crippen LogP) is 2.89. The summed E-state index contributed by atoms with van der Waals surface area (Å²) in [6.45, 7) is 1.90. The summed E-state index contributed by atoms with van der Waals surface area (Å²) in [5.41, 5.74) is 0.866. The molecule has 0 radical (unpaired) electrons. The van der Waals surface area contributed by atoms with E-state index in [1.54, 1.807) is 0 Å². The standard InChI is InChI=1S/C15H21NO/c1-9(2-3-16)15(17)14-12-5-10-4-11(7-12)8-13(14)6-10/h2,10-15,17H,4-8H2,1H3/b9-2+. The van der Waals surface area contributed by atoms with Gasteiger partial charge in [0.1, 0.15) is 0 Å². The van der Waals surface area contributed by atoms with Crippen LogP contribution in [0.2, 0.25) is 0 Å². The third kappa shape index (κ3) is 1.81. The molecule has 17 heavy (non-hydrogen) atoms. The minimum atomic E-state index is -0.371. The lowest BCUT2D eigenvalue weighted by Gasteiger charge is -2.55. The van der Waals surface area contributed by atoms with E-state index < -0.39 is 0 Å². The first-order valence-electron chi connectivity index (χ1n) is 6.93. The maximum absolute atomic E-state index is 10.5. The van der Waals surface area contributed by atoms with E-state index in [0.717, 1.165) is 29.2 Å². The summed E-state index contributed by atoms with van der Waals surface area (Å²) in [6, 6.07) is 2.05. The van der Waals surface area contributed by atoms with Gasteiger partial charge in [-0.1, -0.05) is 0 Å². The van der Waals surface area contributed by atoms with Crippen LogP contribution in [0.4, 0.5) is 0 Å². The van der Waals surface area contributed by atoms with Crippen molar-refractivity contribution in [1.29, 1.82) is 5.26 Å². The van der Waals surface area contributed by atoms with Crippen LogP contribution in [0.5, 0.6) is 0 Å². The van der Waals surface area contributed by atoms with Gasteiger partial charge in [0.2, 0.25) is 0 Å². The number of allylic oxidation sites excluding steroid dienone is 1. The van der Waals surface area contributed by atoms with Crippen LogP contribution in [0.15, 0.2) is 11.6 Å². The van der Waals surface area contributed by atoms with Gasteiger partial charge >= 0.3 is 0 Å². The molecule has 2 heteroatoms. The van der Waals surface area contributed by atoms with Crippen LogP contribution in [0.1, 0.15) is 39.0 Å². The van der Waals surface area contributed by atoms with Crippen LogP contribution in [0.3, 0.4) is 0 Å². The molecule has 0 amide bonds. The minimum absolute atomic E-state index is 0.371. The zero-order valence-electron chi connectivity index (χ0n) is 10.5. The molecule has 0 saturated heterocycles. The quantitative estimate of drug-likeness (QED) is 0.743. The van der Waals surface area contributed by atoms with Crippen LogP contribution in [0, 0.1) is 40.9 Å². The van der Waals surface area contributed by atoms with E-state index in [1.165, 1.54) is 38.2 Å². The Hall–Kier alpha value is -0.810. The Morgan fingerprint density at radius 2 is 1.71 bits per heavy atom. The second kappa shape index (κ2) is 4.14. The van der Waals surface area contributed by atoms with Crippen molar-refractivity contribution >= 4 is 0 Å². The fourth-order valence-electron chi connectivity index (χ4n) is 4.97. The number of aliphatic hydroxyl groups excluding tert-OH is 1. The topological polar surface area (TPSA) is 44.0 Å². The normalized spacial score (nSPS) is 45.7. The third-order valence-corrected chi connectivity index (χ3v) is 5.42. The summed E-state index contributed by atoms with van der Waals surface area (Å²) >= 11 is 0. The number of nitrogens with zero attached hydrogens (tertiary/aromatic N) is 1. The number of hydrogen-bond acceptors (Lipinski definition) is 2. The fourth-order valence-corrected chi connectivity index (χ4v) is 4.97. The van der Waals surface area contributed by atoms with Gasteiger partial charge in [-0.25, -0.2) is 0 Å². The van der Waals surface area contributed by atoms with E-state index in [9.17, 15) is 5.11 Å². The van der Waals surface area contributed by atoms with Crippen molar-refractivity contribution in [2.24, 2.45) is 29.6 Å². The van der Waals surface area contributed by atoms with Crippen molar-refractivity contribution in [3.8, 4) is 6.07 Å². The van der Waals surface area contributed by atoms with Crippen LogP contribution in [0.25, 0.3) is 0 Å². The Kier molecular flexibility index (Phi) is 2.75. The van der Waals surface area contributed by atoms with Gasteiger partial charge in [-0.2, -0.15) is 5.26 Å². The first-order valence-corrected chi connectivity index (χ1v) is 6.93. The highest BCUT2D eigenvalue weighted by atomic mass is 16.3. The molecule has 4 aliphatic rings. The molecule has 4 rings (SSSR count). The lowest BCUT2D eigenvalue weighted by Crippen LogP contribution is -2.49. The fraction of sp³-hybridized carbons (Fsp3) is 0.800. The third-order valence-electron chi connectivity index (χ3n) is 5.42. The smallest absolute Gasteiger partial charge is 0.0912 e. The second-order valence-corrected chi connectivity index (χ2v) is 6.47. The van der Waals surface area contributed by atoms with Gasteiger partial charge in [-0.3, -0.25) is 0 Å². The maximum Gasteiger partial charge on any atom is 0.0912 e. The highest BCUT2D eigenvalue weighted by Gasteiger charge is 2.50. The molecule has 4 bridgehead atoms. The minimum Gasteiger partial charge on any atom is -0.388 e. The van der Waals surface area contributed by atoms with Gasteiger partial charge in [0.15, 0.2) is 0 Å². The first kappa shape index (κ1) is 11.3. The molecule has 1 unspecified atom stereocenters. The van der Waals surface area contributed by atoms with Crippen molar-refractivity contribution in [2.75, 3.05) is 0 Å². The maximum atomic E-state index is 10.5. The molecule has 0 aromatic carbocycles. The predicted molar refractivity (Wildman–Crippen MR) is 65.9 cm³/mol. The Morgan fingerprint density at radius 1 is 1.18 bits per heavy atom. The number of rotatable bonds is 2. The van der Waals surface area contributed by atoms with Gasteiger partial charge in [-0.05, 0) is 74.2 Å². The molecule has 0 aliphatic heterocycles.